The molecule has 190 valence electrons. The number of alkyl carbamates (subject to hydrolysis) is 1. The first-order chi connectivity index (χ1) is 16.1. The third-order valence-corrected chi connectivity index (χ3v) is 5.90. The molecule has 11 heteroatoms. The number of anilines is 1. The number of carbonyl (C=O) groups excluding carboxylic acids is 1. The normalized spacial score (nSPS) is 22.8. The monoisotopic (exact) mass is 478 g/mol. The summed E-state index contributed by atoms with van der Waals surface area (Å²) in [5, 5.41) is 16.6. The Morgan fingerprint density at radius 2 is 1.97 bits per heavy atom. The van der Waals surface area contributed by atoms with Crippen LogP contribution in [-0.4, -0.2) is 61.6 Å². The summed E-state index contributed by atoms with van der Waals surface area (Å²) in [5.41, 5.74) is -0.239. The third-order valence-electron chi connectivity index (χ3n) is 5.90. The highest BCUT2D eigenvalue weighted by Gasteiger charge is 2.41. The number of H-pyrrole nitrogens is 1. The summed E-state index contributed by atoms with van der Waals surface area (Å²) in [4.78, 5) is 35.5. The second-order valence-corrected chi connectivity index (χ2v) is 9.83. The number of hydrogen-bond donors (Lipinski definition) is 4. The molecule has 1 aliphatic rings. The van der Waals surface area contributed by atoms with Crippen LogP contribution in [0.5, 0.6) is 0 Å². The maximum absolute atomic E-state index is 12.5. The Bertz CT molecular complexity index is 1010. The van der Waals surface area contributed by atoms with Gasteiger partial charge in [0, 0.05) is 19.0 Å². The molecule has 2 aromatic heterocycles. The van der Waals surface area contributed by atoms with Crippen LogP contribution in [0, 0.1) is 5.92 Å². The zero-order valence-electron chi connectivity index (χ0n) is 20.8. The Morgan fingerprint density at radius 3 is 2.62 bits per heavy atom. The number of nitrogens with one attached hydrogen (secondary N) is 3. The van der Waals surface area contributed by atoms with Gasteiger partial charge in [-0.25, -0.2) is 9.78 Å². The van der Waals surface area contributed by atoms with Gasteiger partial charge in [0.25, 0.3) is 5.56 Å². The Kier molecular flexibility index (Phi) is 8.53. The molecule has 1 amide bonds. The number of carbonyl (C=O) groups is 1. The van der Waals surface area contributed by atoms with Gasteiger partial charge in [-0.15, -0.1) is 0 Å². The molecular weight excluding hydrogens is 440 g/mol. The van der Waals surface area contributed by atoms with Crippen LogP contribution in [0.1, 0.15) is 73.0 Å². The largest absolute Gasteiger partial charge is 0.444 e. The highest BCUT2D eigenvalue weighted by Crippen LogP contribution is 2.36. The molecule has 0 unspecified atom stereocenters. The van der Waals surface area contributed by atoms with Crippen molar-refractivity contribution >= 4 is 23.2 Å². The SMILES string of the molecule is CC[C@H]1O[C@@H](n2cnc3c(=O)[nH]c(NCCCCCCNC(=O)OC(C)(C)C)nc32)[C@@H](O)[C@@H]1C. The number of amides is 1. The molecule has 0 aliphatic carbocycles. The number of hydrogen-bond acceptors (Lipinski definition) is 8. The molecule has 3 rings (SSSR count). The van der Waals surface area contributed by atoms with Gasteiger partial charge in [0.15, 0.2) is 17.4 Å². The first-order valence-corrected chi connectivity index (χ1v) is 12.1. The van der Waals surface area contributed by atoms with Crippen LogP contribution in [0.15, 0.2) is 11.1 Å². The summed E-state index contributed by atoms with van der Waals surface area (Å²) in [6, 6.07) is 0. The van der Waals surface area contributed by atoms with Crippen LogP contribution in [0.2, 0.25) is 0 Å². The van der Waals surface area contributed by atoms with E-state index in [1.54, 1.807) is 4.57 Å². The number of aromatic amines is 1. The van der Waals surface area contributed by atoms with E-state index in [2.05, 4.69) is 25.6 Å². The molecule has 34 heavy (non-hydrogen) atoms. The zero-order valence-corrected chi connectivity index (χ0v) is 20.8. The maximum atomic E-state index is 12.5. The van der Waals surface area contributed by atoms with Crippen molar-refractivity contribution in [1.82, 2.24) is 24.8 Å². The lowest BCUT2D eigenvalue weighted by molar-refractivity contribution is -0.0355. The molecule has 2 aromatic rings. The van der Waals surface area contributed by atoms with E-state index in [0.717, 1.165) is 32.1 Å². The van der Waals surface area contributed by atoms with Crippen molar-refractivity contribution in [2.75, 3.05) is 18.4 Å². The molecule has 1 saturated heterocycles. The zero-order chi connectivity index (χ0) is 24.9. The van der Waals surface area contributed by atoms with E-state index in [1.807, 2.05) is 34.6 Å². The molecule has 0 saturated carbocycles. The fraction of sp³-hybridized carbons (Fsp3) is 0.739. The molecule has 4 atom stereocenters. The first-order valence-electron chi connectivity index (χ1n) is 12.1. The predicted molar refractivity (Wildman–Crippen MR) is 129 cm³/mol. The molecular formula is C23H38N6O5. The minimum Gasteiger partial charge on any atom is -0.444 e. The van der Waals surface area contributed by atoms with E-state index in [4.69, 9.17) is 9.47 Å². The van der Waals surface area contributed by atoms with Gasteiger partial charge < -0.3 is 25.2 Å². The van der Waals surface area contributed by atoms with Crippen LogP contribution in [0.25, 0.3) is 11.2 Å². The summed E-state index contributed by atoms with van der Waals surface area (Å²) in [7, 11) is 0. The highest BCUT2D eigenvalue weighted by atomic mass is 16.6. The van der Waals surface area contributed by atoms with Gasteiger partial charge in [0.1, 0.15) is 11.7 Å². The third kappa shape index (κ3) is 6.47. The Morgan fingerprint density at radius 1 is 1.26 bits per heavy atom. The molecule has 3 heterocycles. The van der Waals surface area contributed by atoms with Crippen molar-refractivity contribution in [3.8, 4) is 0 Å². The van der Waals surface area contributed by atoms with Gasteiger partial charge in [0.05, 0.1) is 12.4 Å². The molecule has 11 nitrogen and oxygen atoms in total. The highest BCUT2D eigenvalue weighted by molar-refractivity contribution is 5.71. The van der Waals surface area contributed by atoms with Crippen molar-refractivity contribution in [2.24, 2.45) is 5.92 Å². The van der Waals surface area contributed by atoms with Crippen LogP contribution in [0.3, 0.4) is 0 Å². The average molecular weight is 479 g/mol. The minimum absolute atomic E-state index is 0.0219. The van der Waals surface area contributed by atoms with Crippen LogP contribution in [-0.2, 0) is 9.47 Å². The van der Waals surface area contributed by atoms with Gasteiger partial charge in [0.2, 0.25) is 5.95 Å². The topological polar surface area (TPSA) is 143 Å². The summed E-state index contributed by atoms with van der Waals surface area (Å²) in [5.74, 6) is 0.338. The lowest BCUT2D eigenvalue weighted by Gasteiger charge is -2.19. The fourth-order valence-corrected chi connectivity index (χ4v) is 4.07. The molecule has 0 spiro atoms. The molecule has 0 aromatic carbocycles. The van der Waals surface area contributed by atoms with Crippen LogP contribution in [0.4, 0.5) is 10.7 Å². The summed E-state index contributed by atoms with van der Waals surface area (Å²) < 4.78 is 12.9. The molecule has 1 fully saturated rings. The Hall–Kier alpha value is -2.66. The molecule has 0 bridgehead atoms. The number of ether oxygens (including phenoxy) is 2. The number of unbranched alkanes of at least 4 members (excludes halogenated alkanes) is 3. The van der Waals surface area contributed by atoms with Gasteiger partial charge in [-0.3, -0.25) is 14.3 Å². The van der Waals surface area contributed by atoms with Crippen molar-refractivity contribution in [3.63, 3.8) is 0 Å². The Balaban J connectivity index is 1.47. The minimum atomic E-state index is -0.704. The van der Waals surface area contributed by atoms with Crippen molar-refractivity contribution in [3.05, 3.63) is 16.7 Å². The van der Waals surface area contributed by atoms with Crippen LogP contribution >= 0.6 is 0 Å². The second kappa shape index (κ2) is 11.2. The lowest BCUT2D eigenvalue weighted by atomic mass is 9.99. The van der Waals surface area contributed by atoms with Gasteiger partial charge in [-0.05, 0) is 40.0 Å². The number of aliphatic hydroxyl groups excluding tert-OH is 1. The van der Waals surface area contributed by atoms with Crippen molar-refractivity contribution < 1.29 is 19.4 Å². The summed E-state index contributed by atoms with van der Waals surface area (Å²) in [6.07, 6.45) is 4.18. The van der Waals surface area contributed by atoms with Crippen molar-refractivity contribution in [1.29, 1.82) is 0 Å². The molecule has 1 aliphatic heterocycles. The number of nitrogens with zero attached hydrogens (tertiary/aromatic N) is 3. The Labute approximate surface area is 199 Å². The number of aliphatic hydroxyl groups is 1. The van der Waals surface area contributed by atoms with E-state index < -0.39 is 24.0 Å². The van der Waals surface area contributed by atoms with Gasteiger partial charge >= 0.3 is 6.09 Å². The van der Waals surface area contributed by atoms with Crippen LogP contribution < -0.4 is 16.2 Å². The van der Waals surface area contributed by atoms with Crippen molar-refractivity contribution in [2.45, 2.75) is 90.8 Å². The average Bonchev–Trinajstić information content (AvgIpc) is 3.30. The molecule has 0 radical (unpaired) electrons. The maximum Gasteiger partial charge on any atom is 0.407 e. The first kappa shape index (κ1) is 26.0. The number of aromatic nitrogens is 4. The van der Waals surface area contributed by atoms with E-state index >= 15 is 0 Å². The summed E-state index contributed by atoms with van der Waals surface area (Å²) >= 11 is 0. The second-order valence-electron chi connectivity index (χ2n) is 9.83. The standard InChI is InChI=1S/C23H38N6O5/c1-6-15-14(2)17(30)20(33-15)29-13-26-16-18(29)27-21(28-19(16)31)24-11-9-7-8-10-12-25-22(32)34-23(3,4)5/h13-15,17,20,30H,6-12H2,1-5H3,(H,25,32)(H2,24,27,28,31)/t14-,15-,17+,20-/m1/s1. The number of rotatable bonds is 10. The quantitative estimate of drug-likeness (QED) is 0.382. The van der Waals surface area contributed by atoms with E-state index in [0.29, 0.717) is 24.7 Å². The smallest absolute Gasteiger partial charge is 0.407 e. The van der Waals surface area contributed by atoms with Gasteiger partial charge in [-0.1, -0.05) is 26.7 Å². The van der Waals surface area contributed by atoms with Gasteiger partial charge in [-0.2, -0.15) is 4.98 Å². The van der Waals surface area contributed by atoms with E-state index in [-0.39, 0.29) is 23.1 Å². The predicted octanol–water partition coefficient (Wildman–Crippen LogP) is 2.92. The molecule has 4 N–H and O–H groups in total. The summed E-state index contributed by atoms with van der Waals surface area (Å²) in [6.45, 7) is 10.7. The number of fused-ring (bicyclic) bond motifs is 1. The van der Waals surface area contributed by atoms with E-state index in [9.17, 15) is 14.7 Å². The van der Waals surface area contributed by atoms with E-state index in [1.165, 1.54) is 6.33 Å². The fourth-order valence-electron chi connectivity index (χ4n) is 4.07. The lowest BCUT2D eigenvalue weighted by Crippen LogP contribution is -2.32. The number of imidazole rings is 1.